The number of phenols is 1. The topological polar surface area (TPSA) is 75.2 Å². The summed E-state index contributed by atoms with van der Waals surface area (Å²) in [6, 6.07) is 6.06. The van der Waals surface area contributed by atoms with Gasteiger partial charge in [0.2, 0.25) is 5.75 Å². The molecule has 0 amide bonds. The monoisotopic (exact) mass is 204 g/mol. The van der Waals surface area contributed by atoms with Crippen LogP contribution in [0.5, 0.6) is 17.2 Å². The third kappa shape index (κ3) is 2.14. The third-order valence-electron chi connectivity index (χ3n) is 1.75. The average molecular weight is 204 g/mol. The van der Waals surface area contributed by atoms with Gasteiger partial charge in [-0.25, -0.2) is 4.98 Å². The second-order valence-corrected chi connectivity index (χ2v) is 2.84. The quantitative estimate of drug-likeness (QED) is 0.772. The molecule has 1 aromatic heterocycles. The highest BCUT2D eigenvalue weighted by molar-refractivity contribution is 5.33. The molecule has 5 nitrogen and oxygen atoms in total. The Morgan fingerprint density at radius 3 is 2.67 bits per heavy atom. The van der Waals surface area contributed by atoms with Crippen molar-refractivity contribution in [3.05, 3.63) is 47.1 Å². The summed E-state index contributed by atoms with van der Waals surface area (Å²) >= 11 is 0. The summed E-state index contributed by atoms with van der Waals surface area (Å²) in [6.07, 6.45) is 2.61. The van der Waals surface area contributed by atoms with Crippen LogP contribution in [0.4, 0.5) is 0 Å². The number of nitrogens with one attached hydrogen (secondary N) is 1. The number of benzene rings is 1. The highest BCUT2D eigenvalue weighted by atomic mass is 16.5. The van der Waals surface area contributed by atoms with E-state index in [1.807, 2.05) is 0 Å². The summed E-state index contributed by atoms with van der Waals surface area (Å²) in [5.41, 5.74) is -0.349. The van der Waals surface area contributed by atoms with Crippen molar-refractivity contribution in [1.29, 1.82) is 0 Å². The van der Waals surface area contributed by atoms with Crippen LogP contribution < -0.4 is 10.3 Å². The van der Waals surface area contributed by atoms with Gasteiger partial charge in [0, 0.05) is 0 Å². The fourth-order valence-corrected chi connectivity index (χ4v) is 1.04. The van der Waals surface area contributed by atoms with Gasteiger partial charge in [-0.3, -0.25) is 4.79 Å². The Hall–Kier alpha value is -2.30. The molecule has 0 bridgehead atoms. The molecular weight excluding hydrogens is 196 g/mol. The van der Waals surface area contributed by atoms with Crippen molar-refractivity contribution in [1.82, 2.24) is 9.97 Å². The van der Waals surface area contributed by atoms with E-state index in [1.54, 1.807) is 12.1 Å². The maximum absolute atomic E-state index is 11.2. The number of aromatic nitrogens is 2. The molecule has 1 aromatic carbocycles. The van der Waals surface area contributed by atoms with Crippen molar-refractivity contribution >= 4 is 0 Å². The number of phenolic OH excluding ortho intramolecular Hbond substituents is 1. The SMILES string of the molecule is O=c1[nH]cncc1Oc1ccc(O)cc1. The van der Waals surface area contributed by atoms with Crippen LogP contribution in [0.2, 0.25) is 0 Å². The first kappa shape index (κ1) is 9.26. The van der Waals surface area contributed by atoms with Crippen LogP contribution in [0, 0.1) is 0 Å². The first-order chi connectivity index (χ1) is 7.25. The van der Waals surface area contributed by atoms with E-state index in [0.29, 0.717) is 5.75 Å². The second-order valence-electron chi connectivity index (χ2n) is 2.84. The molecule has 2 aromatic rings. The van der Waals surface area contributed by atoms with Crippen molar-refractivity contribution in [2.45, 2.75) is 0 Å². The van der Waals surface area contributed by atoms with Gasteiger partial charge in [0.1, 0.15) is 11.5 Å². The first-order valence-corrected chi connectivity index (χ1v) is 4.25. The minimum atomic E-state index is -0.349. The van der Waals surface area contributed by atoms with Crippen LogP contribution in [0.3, 0.4) is 0 Å². The Morgan fingerprint density at radius 1 is 1.27 bits per heavy atom. The maximum atomic E-state index is 11.2. The summed E-state index contributed by atoms with van der Waals surface area (Å²) in [6.45, 7) is 0. The van der Waals surface area contributed by atoms with Crippen molar-refractivity contribution < 1.29 is 9.84 Å². The molecule has 0 spiro atoms. The summed E-state index contributed by atoms with van der Waals surface area (Å²) < 4.78 is 5.25. The van der Waals surface area contributed by atoms with Crippen molar-refractivity contribution in [3.63, 3.8) is 0 Å². The molecule has 1 heterocycles. The molecule has 0 fully saturated rings. The van der Waals surface area contributed by atoms with E-state index in [-0.39, 0.29) is 17.1 Å². The molecule has 76 valence electrons. The third-order valence-corrected chi connectivity index (χ3v) is 1.75. The largest absolute Gasteiger partial charge is 0.508 e. The van der Waals surface area contributed by atoms with E-state index in [4.69, 9.17) is 9.84 Å². The highest BCUT2D eigenvalue weighted by Gasteiger charge is 2.01. The number of aromatic hydroxyl groups is 1. The molecule has 0 aliphatic heterocycles. The average Bonchev–Trinajstić information content (AvgIpc) is 2.25. The van der Waals surface area contributed by atoms with E-state index in [9.17, 15) is 4.79 Å². The van der Waals surface area contributed by atoms with Crippen molar-refractivity contribution in [3.8, 4) is 17.2 Å². The standard InChI is InChI=1S/C10H8N2O3/c13-7-1-3-8(4-2-7)15-9-5-11-6-12-10(9)14/h1-6,13H,(H,11,12,14). The lowest BCUT2D eigenvalue weighted by molar-refractivity contribution is 0.459. The fraction of sp³-hybridized carbons (Fsp3) is 0. The molecule has 0 saturated heterocycles. The molecular formula is C10H8N2O3. The second kappa shape index (κ2) is 3.83. The molecule has 5 heteroatoms. The van der Waals surface area contributed by atoms with Gasteiger partial charge in [0.15, 0.2) is 0 Å². The number of H-pyrrole nitrogens is 1. The zero-order valence-electron chi connectivity index (χ0n) is 7.68. The maximum Gasteiger partial charge on any atom is 0.293 e. The molecule has 0 radical (unpaired) electrons. The molecule has 2 N–H and O–H groups in total. The Bertz CT molecular complexity index is 505. The highest BCUT2D eigenvalue weighted by Crippen LogP contribution is 2.19. The summed E-state index contributed by atoms with van der Waals surface area (Å²) in [5.74, 6) is 0.719. The van der Waals surface area contributed by atoms with Gasteiger partial charge < -0.3 is 14.8 Å². The van der Waals surface area contributed by atoms with Crippen LogP contribution in [0.1, 0.15) is 0 Å². The molecule has 0 aliphatic carbocycles. The molecule has 2 rings (SSSR count). The normalized spacial score (nSPS) is 9.87. The van der Waals surface area contributed by atoms with Gasteiger partial charge in [-0.1, -0.05) is 0 Å². The predicted octanol–water partition coefficient (Wildman–Crippen LogP) is 1.27. The Kier molecular flexibility index (Phi) is 2.37. The van der Waals surface area contributed by atoms with E-state index >= 15 is 0 Å². The van der Waals surface area contributed by atoms with E-state index < -0.39 is 0 Å². The number of ether oxygens (including phenoxy) is 1. The Labute approximate surface area is 85.0 Å². The number of nitrogens with zero attached hydrogens (tertiary/aromatic N) is 1. The lowest BCUT2D eigenvalue weighted by Gasteiger charge is -2.03. The smallest absolute Gasteiger partial charge is 0.293 e. The van der Waals surface area contributed by atoms with Crippen LogP contribution >= 0.6 is 0 Å². The van der Waals surface area contributed by atoms with Gasteiger partial charge in [-0.15, -0.1) is 0 Å². The zero-order valence-corrected chi connectivity index (χ0v) is 7.68. The van der Waals surface area contributed by atoms with Crippen LogP contribution in [0.15, 0.2) is 41.6 Å². The van der Waals surface area contributed by atoms with Crippen LogP contribution in [-0.4, -0.2) is 15.1 Å². The predicted molar refractivity (Wildman–Crippen MR) is 53.0 cm³/mol. The summed E-state index contributed by atoms with van der Waals surface area (Å²) in [4.78, 5) is 17.3. The fourth-order valence-electron chi connectivity index (χ4n) is 1.04. The van der Waals surface area contributed by atoms with E-state index in [1.165, 1.54) is 24.7 Å². The van der Waals surface area contributed by atoms with Gasteiger partial charge in [0.05, 0.1) is 12.5 Å². The Balaban J connectivity index is 2.26. The van der Waals surface area contributed by atoms with E-state index in [0.717, 1.165) is 0 Å². The molecule has 0 aliphatic rings. The van der Waals surface area contributed by atoms with Crippen LogP contribution in [0.25, 0.3) is 0 Å². The minimum absolute atomic E-state index is 0.114. The van der Waals surface area contributed by atoms with Crippen LogP contribution in [-0.2, 0) is 0 Å². The molecule has 0 saturated carbocycles. The lowest BCUT2D eigenvalue weighted by Crippen LogP contribution is -2.07. The number of rotatable bonds is 2. The lowest BCUT2D eigenvalue weighted by atomic mass is 10.3. The first-order valence-electron chi connectivity index (χ1n) is 4.25. The van der Waals surface area contributed by atoms with Gasteiger partial charge in [-0.2, -0.15) is 0 Å². The van der Waals surface area contributed by atoms with E-state index in [2.05, 4.69) is 9.97 Å². The van der Waals surface area contributed by atoms with Gasteiger partial charge in [-0.05, 0) is 24.3 Å². The van der Waals surface area contributed by atoms with Crippen molar-refractivity contribution in [2.75, 3.05) is 0 Å². The molecule has 0 atom stereocenters. The van der Waals surface area contributed by atoms with Gasteiger partial charge in [0.25, 0.3) is 5.56 Å². The molecule has 0 unspecified atom stereocenters. The van der Waals surface area contributed by atoms with Gasteiger partial charge >= 0.3 is 0 Å². The Morgan fingerprint density at radius 2 is 2.00 bits per heavy atom. The number of aromatic amines is 1. The number of hydrogen-bond donors (Lipinski definition) is 2. The minimum Gasteiger partial charge on any atom is -0.508 e. The summed E-state index contributed by atoms with van der Waals surface area (Å²) in [5, 5.41) is 9.04. The molecule has 15 heavy (non-hydrogen) atoms. The summed E-state index contributed by atoms with van der Waals surface area (Å²) in [7, 11) is 0. The van der Waals surface area contributed by atoms with Crippen molar-refractivity contribution in [2.24, 2.45) is 0 Å². The number of hydrogen-bond acceptors (Lipinski definition) is 4. The zero-order chi connectivity index (χ0) is 10.7.